The van der Waals surface area contributed by atoms with Crippen LogP contribution in [-0.4, -0.2) is 15.4 Å². The van der Waals surface area contributed by atoms with Gasteiger partial charge in [0.25, 0.3) is 0 Å². The highest BCUT2D eigenvalue weighted by molar-refractivity contribution is 7.06. The summed E-state index contributed by atoms with van der Waals surface area (Å²) in [5.74, 6) is -10.7. The van der Waals surface area contributed by atoms with Gasteiger partial charge in [-0.05, 0) is 29.9 Å². The molecular formula is C22H16F7NO3S. The molecule has 12 heteroatoms. The van der Waals surface area contributed by atoms with E-state index < -0.39 is 76.6 Å². The SMILES string of the molecule is CCc1ccc(-c2nsc(C(F)(F)F)c2COc2c(F)c(F)c(CCC(=O)O)c(F)c2F)cc1. The van der Waals surface area contributed by atoms with Crippen LogP contribution in [0.5, 0.6) is 5.75 Å². The highest BCUT2D eigenvalue weighted by Gasteiger charge is 2.38. The van der Waals surface area contributed by atoms with E-state index in [0.29, 0.717) is 6.42 Å². The first-order valence-electron chi connectivity index (χ1n) is 9.80. The van der Waals surface area contributed by atoms with Gasteiger partial charge in [-0.15, -0.1) is 0 Å². The lowest BCUT2D eigenvalue weighted by Crippen LogP contribution is -2.12. The van der Waals surface area contributed by atoms with Crippen LogP contribution in [0.3, 0.4) is 0 Å². The van der Waals surface area contributed by atoms with Crippen molar-refractivity contribution >= 4 is 17.5 Å². The summed E-state index contributed by atoms with van der Waals surface area (Å²) in [4.78, 5) is 9.42. The van der Waals surface area contributed by atoms with Gasteiger partial charge in [-0.25, -0.2) is 8.78 Å². The molecule has 3 rings (SSSR count). The summed E-state index contributed by atoms with van der Waals surface area (Å²) in [6, 6.07) is 6.39. The fraction of sp³-hybridized carbons (Fsp3) is 0.273. The van der Waals surface area contributed by atoms with Crippen molar-refractivity contribution in [3.63, 3.8) is 0 Å². The molecule has 0 atom stereocenters. The third-order valence-corrected chi connectivity index (χ3v) is 5.88. The lowest BCUT2D eigenvalue weighted by atomic mass is 10.0. The standard InChI is InChI=1S/C22H16F7NO3S/c1-2-10-3-5-11(6-4-10)19-13(21(34-30-19)22(27,28)29)9-33-20-17(25)15(23)12(7-8-14(31)32)16(24)18(20)26/h3-6H,2,7-9H2,1H3,(H,31,32). The Labute approximate surface area is 192 Å². The first kappa shape index (κ1) is 25.5. The molecule has 0 bridgehead atoms. The number of halogens is 7. The number of carboxylic acid groups (broad SMARTS) is 1. The Balaban J connectivity index is 2.00. The highest BCUT2D eigenvalue weighted by atomic mass is 32.1. The van der Waals surface area contributed by atoms with Crippen LogP contribution < -0.4 is 4.74 Å². The van der Waals surface area contributed by atoms with Crippen LogP contribution in [0.25, 0.3) is 11.3 Å². The number of nitrogens with zero attached hydrogens (tertiary/aromatic N) is 1. The van der Waals surface area contributed by atoms with E-state index in [1.165, 1.54) is 12.1 Å². The van der Waals surface area contributed by atoms with Crippen molar-refractivity contribution in [2.75, 3.05) is 0 Å². The van der Waals surface area contributed by atoms with Crippen LogP contribution in [-0.2, 0) is 30.4 Å². The Kier molecular flexibility index (Phi) is 7.49. The Morgan fingerprint density at radius 3 is 2.09 bits per heavy atom. The summed E-state index contributed by atoms with van der Waals surface area (Å²) in [5.41, 5.74) is -0.665. The molecule has 4 nitrogen and oxygen atoms in total. The Bertz CT molecular complexity index is 1180. The predicted molar refractivity (Wildman–Crippen MR) is 108 cm³/mol. The van der Waals surface area contributed by atoms with E-state index in [4.69, 9.17) is 9.84 Å². The molecule has 0 fully saturated rings. The number of aromatic nitrogens is 1. The number of ether oxygens (including phenoxy) is 1. The van der Waals surface area contributed by atoms with Crippen LogP contribution in [0.2, 0.25) is 0 Å². The molecule has 1 heterocycles. The van der Waals surface area contributed by atoms with Crippen molar-refractivity contribution in [3.05, 3.63) is 69.1 Å². The molecule has 0 saturated heterocycles. The quantitative estimate of drug-likeness (QED) is 0.278. The maximum absolute atomic E-state index is 14.4. The van der Waals surface area contributed by atoms with Gasteiger partial charge in [-0.3, -0.25) is 4.79 Å². The molecule has 1 N–H and O–H groups in total. The molecule has 0 saturated carbocycles. The van der Waals surface area contributed by atoms with Crippen LogP contribution in [0, 0.1) is 23.3 Å². The second kappa shape index (κ2) is 10.00. The van der Waals surface area contributed by atoms with Crippen molar-refractivity contribution in [2.45, 2.75) is 39.0 Å². The lowest BCUT2D eigenvalue weighted by Gasteiger charge is -2.14. The van der Waals surface area contributed by atoms with Crippen LogP contribution >= 0.6 is 11.5 Å². The smallest absolute Gasteiger partial charge is 0.427 e. The average molecular weight is 507 g/mol. The number of alkyl halides is 3. The van der Waals surface area contributed by atoms with E-state index in [0.717, 1.165) is 5.56 Å². The minimum atomic E-state index is -4.87. The molecular weight excluding hydrogens is 491 g/mol. The summed E-state index contributed by atoms with van der Waals surface area (Å²) in [6.45, 7) is 0.796. The predicted octanol–water partition coefficient (Wildman–Crippen LogP) is 6.54. The second-order valence-corrected chi connectivity index (χ2v) is 7.91. The van der Waals surface area contributed by atoms with Crippen molar-refractivity contribution in [2.24, 2.45) is 0 Å². The Morgan fingerprint density at radius 1 is 1.00 bits per heavy atom. The minimum Gasteiger partial charge on any atom is -0.483 e. The van der Waals surface area contributed by atoms with E-state index in [1.807, 2.05) is 6.92 Å². The number of benzene rings is 2. The van der Waals surface area contributed by atoms with Gasteiger partial charge >= 0.3 is 12.1 Å². The molecule has 3 aromatic rings. The molecule has 0 aliphatic heterocycles. The lowest BCUT2D eigenvalue weighted by molar-refractivity contribution is -0.137. The van der Waals surface area contributed by atoms with Gasteiger partial charge in [0.2, 0.25) is 11.6 Å². The van der Waals surface area contributed by atoms with Gasteiger partial charge in [0.1, 0.15) is 11.5 Å². The number of carboxylic acids is 1. The normalized spacial score (nSPS) is 11.6. The second-order valence-electron chi connectivity index (χ2n) is 7.13. The third kappa shape index (κ3) is 5.16. The van der Waals surface area contributed by atoms with Gasteiger partial charge in [0.15, 0.2) is 17.4 Å². The van der Waals surface area contributed by atoms with Crippen LogP contribution in [0.4, 0.5) is 30.7 Å². The number of aliphatic carboxylic acids is 1. The van der Waals surface area contributed by atoms with E-state index in [2.05, 4.69) is 4.37 Å². The molecule has 2 aromatic carbocycles. The fourth-order valence-corrected chi connectivity index (χ4v) is 3.94. The molecule has 1 aromatic heterocycles. The van der Waals surface area contributed by atoms with Crippen LogP contribution in [0.15, 0.2) is 24.3 Å². The van der Waals surface area contributed by atoms with Crippen molar-refractivity contribution in [3.8, 4) is 17.0 Å². The van der Waals surface area contributed by atoms with Crippen molar-refractivity contribution < 1.29 is 45.4 Å². The number of aryl methyl sites for hydroxylation is 1. The van der Waals surface area contributed by atoms with Crippen LogP contribution in [0.1, 0.15) is 34.9 Å². The maximum Gasteiger partial charge on any atom is 0.427 e. The molecule has 0 amide bonds. The highest BCUT2D eigenvalue weighted by Crippen LogP contribution is 2.41. The van der Waals surface area contributed by atoms with E-state index >= 15 is 0 Å². The van der Waals surface area contributed by atoms with E-state index in [-0.39, 0.29) is 22.8 Å². The summed E-state index contributed by atoms with van der Waals surface area (Å²) >= 11 is 0.103. The fourth-order valence-electron chi connectivity index (χ4n) is 3.17. The molecule has 0 radical (unpaired) electrons. The number of hydrogen-bond donors (Lipinski definition) is 1. The molecule has 34 heavy (non-hydrogen) atoms. The zero-order chi connectivity index (χ0) is 25.2. The molecule has 0 unspecified atom stereocenters. The van der Waals surface area contributed by atoms with E-state index in [9.17, 15) is 35.5 Å². The summed E-state index contributed by atoms with van der Waals surface area (Å²) < 4.78 is 106. The minimum absolute atomic E-state index is 0.103. The Hall–Kier alpha value is -3.15. The van der Waals surface area contributed by atoms with Crippen molar-refractivity contribution in [1.82, 2.24) is 4.37 Å². The summed E-state index contributed by atoms with van der Waals surface area (Å²) in [6.07, 6.45) is -5.83. The molecule has 182 valence electrons. The molecule has 0 aliphatic rings. The maximum atomic E-state index is 14.4. The molecule has 0 spiro atoms. The van der Waals surface area contributed by atoms with Gasteiger partial charge in [0.05, 0.1) is 5.69 Å². The monoisotopic (exact) mass is 507 g/mol. The third-order valence-electron chi connectivity index (χ3n) is 4.94. The summed E-state index contributed by atoms with van der Waals surface area (Å²) in [5, 5.41) is 8.63. The summed E-state index contributed by atoms with van der Waals surface area (Å²) in [7, 11) is 0. The number of rotatable bonds is 8. The Morgan fingerprint density at radius 2 is 1.59 bits per heavy atom. The molecule has 0 aliphatic carbocycles. The van der Waals surface area contributed by atoms with Gasteiger partial charge < -0.3 is 9.84 Å². The van der Waals surface area contributed by atoms with E-state index in [1.54, 1.807) is 12.1 Å². The largest absolute Gasteiger partial charge is 0.483 e. The first-order valence-corrected chi connectivity index (χ1v) is 10.6. The van der Waals surface area contributed by atoms with Crippen molar-refractivity contribution in [1.29, 1.82) is 0 Å². The first-order chi connectivity index (χ1) is 16.0. The number of hydrogen-bond acceptors (Lipinski definition) is 4. The number of carbonyl (C=O) groups is 1. The van der Waals surface area contributed by atoms with Gasteiger partial charge in [-0.2, -0.15) is 26.3 Å². The topological polar surface area (TPSA) is 59.4 Å². The average Bonchev–Trinajstić information content (AvgIpc) is 3.22. The van der Waals surface area contributed by atoms with Gasteiger partial charge in [0, 0.05) is 23.1 Å². The van der Waals surface area contributed by atoms with Gasteiger partial charge in [-0.1, -0.05) is 31.2 Å². The zero-order valence-corrected chi connectivity index (χ0v) is 18.2. The zero-order valence-electron chi connectivity index (χ0n) is 17.4.